The summed E-state index contributed by atoms with van der Waals surface area (Å²) in [6.45, 7) is 10.4. The molecule has 1 unspecified atom stereocenters. The zero-order valence-electron chi connectivity index (χ0n) is 10.0. The fourth-order valence-corrected chi connectivity index (χ4v) is 1.77. The van der Waals surface area contributed by atoms with Crippen molar-refractivity contribution in [1.82, 2.24) is 4.90 Å². The Kier molecular flexibility index (Phi) is 5.13. The molecule has 0 aromatic heterocycles. The van der Waals surface area contributed by atoms with Gasteiger partial charge in [0.1, 0.15) is 0 Å². The first-order valence-electron chi connectivity index (χ1n) is 5.11. The Bertz CT molecular complexity index is 184. The van der Waals surface area contributed by atoms with Crippen LogP contribution >= 0.6 is 0 Å². The molecule has 0 bridgehead atoms. The molecule has 14 heavy (non-hydrogen) atoms. The van der Waals surface area contributed by atoms with Gasteiger partial charge in [-0.15, -0.1) is 0 Å². The lowest BCUT2D eigenvalue weighted by Crippen LogP contribution is -2.33. The van der Waals surface area contributed by atoms with Gasteiger partial charge in [-0.2, -0.15) is 0 Å². The molecular weight excluding hydrogens is 178 g/mol. The van der Waals surface area contributed by atoms with E-state index < -0.39 is 5.97 Å². The predicted octanol–water partition coefficient (Wildman–Crippen LogP) is 2.08. The molecule has 3 nitrogen and oxygen atoms in total. The van der Waals surface area contributed by atoms with Crippen LogP contribution < -0.4 is 0 Å². The van der Waals surface area contributed by atoms with Gasteiger partial charge in [0.15, 0.2) is 0 Å². The van der Waals surface area contributed by atoms with Crippen LogP contribution in [0.25, 0.3) is 0 Å². The molecule has 0 radical (unpaired) electrons. The van der Waals surface area contributed by atoms with E-state index in [0.717, 1.165) is 13.1 Å². The van der Waals surface area contributed by atoms with Crippen LogP contribution in [-0.2, 0) is 4.79 Å². The lowest BCUT2D eigenvalue weighted by atomic mass is 9.95. The van der Waals surface area contributed by atoms with E-state index in [9.17, 15) is 4.79 Å². The Hall–Kier alpha value is -0.570. The molecule has 0 fully saturated rings. The summed E-state index contributed by atoms with van der Waals surface area (Å²) in [5.41, 5.74) is 0.275. The van der Waals surface area contributed by atoms with Crippen molar-refractivity contribution in [2.24, 2.45) is 11.3 Å². The lowest BCUT2D eigenvalue weighted by Gasteiger charge is -2.28. The molecule has 0 amide bonds. The summed E-state index contributed by atoms with van der Waals surface area (Å²) in [6.07, 6.45) is 0.258. The second-order valence-corrected chi connectivity index (χ2v) is 5.46. The highest BCUT2D eigenvalue weighted by Crippen LogP contribution is 2.15. The zero-order chi connectivity index (χ0) is 11.4. The number of hydrogen-bond acceptors (Lipinski definition) is 2. The van der Waals surface area contributed by atoms with Gasteiger partial charge in [-0.05, 0) is 18.4 Å². The van der Waals surface area contributed by atoms with Crippen molar-refractivity contribution in [3.63, 3.8) is 0 Å². The molecule has 0 aliphatic carbocycles. The van der Waals surface area contributed by atoms with Crippen molar-refractivity contribution in [3.05, 3.63) is 0 Å². The van der Waals surface area contributed by atoms with Crippen LogP contribution in [0, 0.1) is 11.3 Å². The molecule has 1 N–H and O–H groups in total. The van der Waals surface area contributed by atoms with Gasteiger partial charge < -0.3 is 10.0 Å². The van der Waals surface area contributed by atoms with Crippen LogP contribution in [0.1, 0.15) is 34.1 Å². The summed E-state index contributed by atoms with van der Waals surface area (Å²) >= 11 is 0. The maximum atomic E-state index is 10.5. The quantitative estimate of drug-likeness (QED) is 0.740. The fourth-order valence-electron chi connectivity index (χ4n) is 1.77. The SMILES string of the molecule is CC(CC(=O)O)CN(C)CC(C)(C)C. The molecule has 0 aliphatic heterocycles. The average Bonchev–Trinajstić information content (AvgIpc) is 1.77. The predicted molar refractivity (Wildman–Crippen MR) is 58.4 cm³/mol. The Morgan fingerprint density at radius 1 is 1.43 bits per heavy atom. The van der Waals surface area contributed by atoms with E-state index in [4.69, 9.17) is 5.11 Å². The van der Waals surface area contributed by atoms with Crippen molar-refractivity contribution < 1.29 is 9.90 Å². The summed E-state index contributed by atoms with van der Waals surface area (Å²) in [7, 11) is 2.05. The minimum Gasteiger partial charge on any atom is -0.481 e. The molecule has 0 rings (SSSR count). The molecule has 0 heterocycles. The van der Waals surface area contributed by atoms with Gasteiger partial charge in [0.05, 0.1) is 0 Å². The van der Waals surface area contributed by atoms with Gasteiger partial charge in [-0.25, -0.2) is 0 Å². The van der Waals surface area contributed by atoms with E-state index in [1.807, 2.05) is 14.0 Å². The first-order valence-corrected chi connectivity index (χ1v) is 5.11. The Morgan fingerprint density at radius 2 is 1.93 bits per heavy atom. The van der Waals surface area contributed by atoms with Gasteiger partial charge >= 0.3 is 5.97 Å². The maximum absolute atomic E-state index is 10.5. The second kappa shape index (κ2) is 5.35. The largest absolute Gasteiger partial charge is 0.481 e. The average molecular weight is 201 g/mol. The first-order chi connectivity index (χ1) is 6.20. The van der Waals surface area contributed by atoms with Crippen LogP contribution in [-0.4, -0.2) is 36.1 Å². The summed E-state index contributed by atoms with van der Waals surface area (Å²) in [5, 5.41) is 8.61. The molecular formula is C11H23NO2. The summed E-state index contributed by atoms with van der Waals surface area (Å²) in [6, 6.07) is 0. The highest BCUT2D eigenvalue weighted by molar-refractivity contribution is 5.66. The van der Waals surface area contributed by atoms with Crippen molar-refractivity contribution in [2.75, 3.05) is 20.1 Å². The van der Waals surface area contributed by atoms with Gasteiger partial charge in [-0.1, -0.05) is 27.7 Å². The van der Waals surface area contributed by atoms with E-state index in [2.05, 4.69) is 25.7 Å². The smallest absolute Gasteiger partial charge is 0.303 e. The number of carboxylic acid groups (broad SMARTS) is 1. The molecule has 0 saturated heterocycles. The number of carbonyl (C=O) groups is 1. The highest BCUT2D eigenvalue weighted by atomic mass is 16.4. The van der Waals surface area contributed by atoms with Gasteiger partial charge in [0, 0.05) is 19.5 Å². The lowest BCUT2D eigenvalue weighted by molar-refractivity contribution is -0.138. The topological polar surface area (TPSA) is 40.5 Å². The van der Waals surface area contributed by atoms with Crippen LogP contribution in [0.4, 0.5) is 0 Å². The summed E-state index contributed by atoms with van der Waals surface area (Å²) in [4.78, 5) is 12.7. The van der Waals surface area contributed by atoms with Crippen LogP contribution in [0.3, 0.4) is 0 Å². The third-order valence-electron chi connectivity index (χ3n) is 1.89. The molecule has 3 heteroatoms. The van der Waals surface area contributed by atoms with E-state index >= 15 is 0 Å². The molecule has 1 atom stereocenters. The fraction of sp³-hybridized carbons (Fsp3) is 0.909. The van der Waals surface area contributed by atoms with Gasteiger partial charge in [0.25, 0.3) is 0 Å². The Balaban J connectivity index is 3.82. The van der Waals surface area contributed by atoms with Crippen molar-refractivity contribution in [3.8, 4) is 0 Å². The standard InChI is InChI=1S/C11H23NO2/c1-9(6-10(13)14)7-12(5)8-11(2,3)4/h9H,6-8H2,1-5H3,(H,13,14). The second-order valence-electron chi connectivity index (χ2n) is 5.46. The number of aliphatic carboxylic acids is 1. The number of hydrogen-bond donors (Lipinski definition) is 1. The van der Waals surface area contributed by atoms with E-state index in [1.54, 1.807) is 0 Å². The summed E-state index contributed by atoms with van der Waals surface area (Å²) in [5.74, 6) is -0.485. The van der Waals surface area contributed by atoms with E-state index in [1.165, 1.54) is 0 Å². The molecule has 0 aliphatic rings. The zero-order valence-corrected chi connectivity index (χ0v) is 10.0. The number of nitrogens with zero attached hydrogens (tertiary/aromatic N) is 1. The maximum Gasteiger partial charge on any atom is 0.303 e. The van der Waals surface area contributed by atoms with Crippen LogP contribution in [0.2, 0.25) is 0 Å². The summed E-state index contributed by atoms with van der Waals surface area (Å²) < 4.78 is 0. The monoisotopic (exact) mass is 201 g/mol. The first kappa shape index (κ1) is 13.4. The van der Waals surface area contributed by atoms with Crippen molar-refractivity contribution in [2.45, 2.75) is 34.1 Å². The van der Waals surface area contributed by atoms with Crippen LogP contribution in [0.5, 0.6) is 0 Å². The van der Waals surface area contributed by atoms with Crippen molar-refractivity contribution >= 4 is 5.97 Å². The van der Waals surface area contributed by atoms with Gasteiger partial charge in [0.2, 0.25) is 0 Å². The number of rotatable bonds is 5. The molecule has 0 aromatic rings. The van der Waals surface area contributed by atoms with Crippen LogP contribution in [0.15, 0.2) is 0 Å². The number of carboxylic acids is 1. The highest BCUT2D eigenvalue weighted by Gasteiger charge is 2.16. The van der Waals surface area contributed by atoms with E-state index in [0.29, 0.717) is 0 Å². The third kappa shape index (κ3) is 8.05. The molecule has 0 aromatic carbocycles. The minimum absolute atomic E-state index is 0.222. The Labute approximate surface area is 87.1 Å². The van der Waals surface area contributed by atoms with Crippen molar-refractivity contribution in [1.29, 1.82) is 0 Å². The molecule has 84 valence electrons. The normalized spacial score (nSPS) is 14.4. The third-order valence-corrected chi connectivity index (χ3v) is 1.89. The van der Waals surface area contributed by atoms with Gasteiger partial charge in [-0.3, -0.25) is 4.79 Å². The Morgan fingerprint density at radius 3 is 2.29 bits per heavy atom. The molecule has 0 saturated carbocycles. The minimum atomic E-state index is -0.707. The van der Waals surface area contributed by atoms with E-state index in [-0.39, 0.29) is 17.8 Å². The molecule has 0 spiro atoms.